The molecule has 1 aromatic rings. The number of Topliss-reactive ketones (excluding diaryl/α,β-unsaturated/α-hetero) is 1. The molecule has 1 saturated heterocycles. The van der Waals surface area contributed by atoms with Gasteiger partial charge in [-0.15, -0.1) is 0 Å². The van der Waals surface area contributed by atoms with E-state index < -0.39 is 17.7 Å². The van der Waals surface area contributed by atoms with Crippen molar-refractivity contribution in [3.8, 4) is 0 Å². The molecular formula is C22H28F2N2O2. The number of nitrogens with zero attached hydrogens (tertiary/aromatic N) is 1. The van der Waals surface area contributed by atoms with Gasteiger partial charge in [-0.25, -0.2) is 8.78 Å². The zero-order valence-electron chi connectivity index (χ0n) is 16.5. The summed E-state index contributed by atoms with van der Waals surface area (Å²) in [5.41, 5.74) is 9.29. The van der Waals surface area contributed by atoms with E-state index in [9.17, 15) is 13.6 Å². The maximum Gasteiger partial charge on any atom is 0.139 e. The normalized spacial score (nSPS) is 29.0. The lowest BCUT2D eigenvalue weighted by molar-refractivity contribution is -0.125. The van der Waals surface area contributed by atoms with Crippen molar-refractivity contribution in [3.05, 3.63) is 46.5 Å². The molecule has 3 aliphatic rings. The molecule has 1 aliphatic carbocycles. The number of ketones is 1. The van der Waals surface area contributed by atoms with Crippen LogP contribution in [0.4, 0.5) is 8.78 Å². The largest absolute Gasteiger partial charge is 0.370 e. The van der Waals surface area contributed by atoms with Crippen LogP contribution in [0.15, 0.2) is 29.3 Å². The topological polar surface area (TPSA) is 55.6 Å². The first-order valence-electron chi connectivity index (χ1n) is 10.1. The molecule has 0 unspecified atom stereocenters. The maximum atomic E-state index is 14.1. The van der Waals surface area contributed by atoms with Crippen LogP contribution in [0, 0.1) is 23.5 Å². The van der Waals surface area contributed by atoms with Gasteiger partial charge < -0.3 is 10.5 Å². The van der Waals surface area contributed by atoms with Gasteiger partial charge >= 0.3 is 0 Å². The van der Waals surface area contributed by atoms with Crippen molar-refractivity contribution in [2.24, 2.45) is 17.6 Å². The number of likely N-dealkylation sites (tertiary alicyclic amines) is 1. The van der Waals surface area contributed by atoms with E-state index in [0.29, 0.717) is 18.8 Å². The molecule has 0 aromatic heterocycles. The number of hydrogen-bond donors (Lipinski definition) is 1. The molecule has 2 heterocycles. The lowest BCUT2D eigenvalue weighted by atomic mass is 9.90. The van der Waals surface area contributed by atoms with Crippen LogP contribution >= 0.6 is 0 Å². The highest BCUT2D eigenvalue weighted by Crippen LogP contribution is 2.40. The van der Waals surface area contributed by atoms with Crippen LogP contribution in [0.25, 0.3) is 0 Å². The van der Waals surface area contributed by atoms with Gasteiger partial charge in [-0.3, -0.25) is 9.69 Å². The van der Waals surface area contributed by atoms with E-state index in [1.807, 2.05) is 13.8 Å². The zero-order valence-corrected chi connectivity index (χ0v) is 16.5. The first-order chi connectivity index (χ1) is 13.3. The number of ether oxygens (including phenoxy) is 1. The molecule has 0 spiro atoms. The Morgan fingerprint density at radius 1 is 1.21 bits per heavy atom. The molecule has 0 saturated carbocycles. The standard InChI is InChI=1S/C22H28F2N2O2/c1-12(2)21(27)13-5-14-9-26(10-15(14)6-13)17-8-20(25)22(28-11-17)18-7-16(23)3-4-19(18)24/h3-4,7,12-13,17,20,22H,5-6,8-11,25H2,1-2H3/t17-,20+,22-/m1/s1. The highest BCUT2D eigenvalue weighted by molar-refractivity contribution is 5.84. The van der Waals surface area contributed by atoms with Crippen LogP contribution in [-0.2, 0) is 9.53 Å². The summed E-state index contributed by atoms with van der Waals surface area (Å²) in [7, 11) is 0. The first-order valence-corrected chi connectivity index (χ1v) is 10.1. The first kappa shape index (κ1) is 19.7. The van der Waals surface area contributed by atoms with Gasteiger partial charge in [0.25, 0.3) is 0 Å². The summed E-state index contributed by atoms with van der Waals surface area (Å²) in [6, 6.07) is 3.17. The predicted octanol–water partition coefficient (Wildman–Crippen LogP) is 3.37. The van der Waals surface area contributed by atoms with Crippen molar-refractivity contribution >= 4 is 5.78 Å². The average Bonchev–Trinajstić information content (AvgIpc) is 3.22. The summed E-state index contributed by atoms with van der Waals surface area (Å²) < 4.78 is 33.5. The smallest absolute Gasteiger partial charge is 0.139 e. The molecule has 3 atom stereocenters. The van der Waals surface area contributed by atoms with Crippen LogP contribution in [0.1, 0.15) is 44.8 Å². The van der Waals surface area contributed by atoms with E-state index in [1.54, 1.807) is 0 Å². The second-order valence-electron chi connectivity index (χ2n) is 8.75. The second-order valence-corrected chi connectivity index (χ2v) is 8.75. The number of hydrogen-bond acceptors (Lipinski definition) is 4. The van der Waals surface area contributed by atoms with Crippen molar-refractivity contribution in [1.29, 1.82) is 0 Å². The second kappa shape index (κ2) is 7.65. The Balaban J connectivity index is 1.35. The van der Waals surface area contributed by atoms with Crippen LogP contribution in [0.5, 0.6) is 0 Å². The highest BCUT2D eigenvalue weighted by atomic mass is 19.1. The fraction of sp³-hybridized carbons (Fsp3) is 0.591. The Morgan fingerprint density at radius 3 is 2.50 bits per heavy atom. The minimum Gasteiger partial charge on any atom is -0.370 e. The van der Waals surface area contributed by atoms with Gasteiger partial charge in [0.15, 0.2) is 0 Å². The monoisotopic (exact) mass is 390 g/mol. The number of carbonyl (C=O) groups is 1. The van der Waals surface area contributed by atoms with Crippen LogP contribution in [0.2, 0.25) is 0 Å². The SMILES string of the molecule is CC(C)C(=O)C1CC2=C(C1)CN([C@H]1CO[C@H](c3cc(F)ccc3F)[C@@H](N)C1)C2. The Bertz CT molecular complexity index is 790. The third-order valence-corrected chi connectivity index (χ3v) is 6.43. The fourth-order valence-corrected chi connectivity index (χ4v) is 4.94. The molecule has 0 amide bonds. The number of benzene rings is 1. The van der Waals surface area contributed by atoms with E-state index in [2.05, 4.69) is 4.90 Å². The average molecular weight is 390 g/mol. The van der Waals surface area contributed by atoms with Gasteiger partial charge in [0.05, 0.1) is 6.61 Å². The van der Waals surface area contributed by atoms with Gasteiger partial charge in [0, 0.05) is 42.6 Å². The number of carbonyl (C=O) groups excluding carboxylic acids is 1. The van der Waals surface area contributed by atoms with Crippen LogP contribution in [-0.4, -0.2) is 42.5 Å². The summed E-state index contributed by atoms with van der Waals surface area (Å²) in [6.45, 7) is 6.10. The minimum absolute atomic E-state index is 0.0889. The molecule has 152 valence electrons. The summed E-state index contributed by atoms with van der Waals surface area (Å²) >= 11 is 0. The number of rotatable bonds is 4. The highest BCUT2D eigenvalue weighted by Gasteiger charge is 2.40. The summed E-state index contributed by atoms with van der Waals surface area (Å²) in [4.78, 5) is 14.7. The molecule has 28 heavy (non-hydrogen) atoms. The van der Waals surface area contributed by atoms with Crippen molar-refractivity contribution < 1.29 is 18.3 Å². The summed E-state index contributed by atoms with van der Waals surface area (Å²) in [5.74, 6) is -0.365. The Morgan fingerprint density at radius 2 is 1.89 bits per heavy atom. The van der Waals surface area contributed by atoms with Gasteiger partial charge in [-0.1, -0.05) is 25.0 Å². The van der Waals surface area contributed by atoms with Crippen molar-refractivity contribution in [1.82, 2.24) is 4.90 Å². The molecule has 1 aromatic carbocycles. The quantitative estimate of drug-likeness (QED) is 0.801. The molecule has 4 nitrogen and oxygen atoms in total. The molecule has 2 N–H and O–H groups in total. The Hall–Kier alpha value is -1.63. The summed E-state index contributed by atoms with van der Waals surface area (Å²) in [6.07, 6.45) is 1.80. The van der Waals surface area contributed by atoms with Gasteiger partial charge in [0.1, 0.15) is 23.5 Å². The van der Waals surface area contributed by atoms with Gasteiger partial charge in [-0.05, 0) is 37.5 Å². The lowest BCUT2D eigenvalue weighted by Gasteiger charge is -2.39. The van der Waals surface area contributed by atoms with Crippen LogP contribution in [0.3, 0.4) is 0 Å². The number of halogens is 2. The third kappa shape index (κ3) is 3.65. The lowest BCUT2D eigenvalue weighted by Crippen LogP contribution is -2.49. The molecule has 0 radical (unpaired) electrons. The zero-order chi connectivity index (χ0) is 20.0. The van der Waals surface area contributed by atoms with Crippen LogP contribution < -0.4 is 5.73 Å². The van der Waals surface area contributed by atoms with E-state index in [0.717, 1.165) is 38.1 Å². The Kier molecular flexibility index (Phi) is 5.38. The third-order valence-electron chi connectivity index (χ3n) is 6.43. The Labute approximate surface area is 164 Å². The summed E-state index contributed by atoms with van der Waals surface area (Å²) in [5, 5.41) is 0. The maximum absolute atomic E-state index is 14.1. The van der Waals surface area contributed by atoms with E-state index in [-0.39, 0.29) is 29.5 Å². The minimum atomic E-state index is -0.623. The fourth-order valence-electron chi connectivity index (χ4n) is 4.94. The molecule has 6 heteroatoms. The molecule has 2 aliphatic heterocycles. The molecule has 1 fully saturated rings. The van der Waals surface area contributed by atoms with Crippen molar-refractivity contribution in [2.45, 2.75) is 51.3 Å². The van der Waals surface area contributed by atoms with Gasteiger partial charge in [0.2, 0.25) is 0 Å². The van der Waals surface area contributed by atoms with E-state index in [4.69, 9.17) is 10.5 Å². The van der Waals surface area contributed by atoms with Crippen molar-refractivity contribution in [3.63, 3.8) is 0 Å². The van der Waals surface area contributed by atoms with E-state index >= 15 is 0 Å². The molecule has 0 bridgehead atoms. The van der Waals surface area contributed by atoms with E-state index in [1.165, 1.54) is 17.2 Å². The van der Waals surface area contributed by atoms with Crippen molar-refractivity contribution in [2.75, 3.05) is 19.7 Å². The molecule has 4 rings (SSSR count). The van der Waals surface area contributed by atoms with Gasteiger partial charge in [-0.2, -0.15) is 0 Å². The number of nitrogens with two attached hydrogens (primary N) is 1. The molecular weight excluding hydrogens is 362 g/mol. The predicted molar refractivity (Wildman–Crippen MR) is 103 cm³/mol.